The third kappa shape index (κ3) is 3.91. The first-order valence-corrected chi connectivity index (χ1v) is 6.76. The molecule has 0 atom stereocenters. The Morgan fingerprint density at radius 3 is 2.64 bits per heavy atom. The molecule has 0 aliphatic rings. The minimum atomic E-state index is -0.393. The lowest BCUT2D eigenvalue weighted by Gasteiger charge is -2.07. The number of nitrogens with zero attached hydrogens (tertiary/aromatic N) is 2. The Balaban J connectivity index is 1.82. The minimum absolute atomic E-state index is 0.0756. The minimum Gasteiger partial charge on any atom is -0.350 e. The van der Waals surface area contributed by atoms with E-state index in [1.54, 1.807) is 38.2 Å². The SMILES string of the molecule is Cc1cc(C(=O)NCC(=O)NCc2ccccc2F)n(C)n1. The molecule has 1 aromatic heterocycles. The Morgan fingerprint density at radius 1 is 1.27 bits per heavy atom. The van der Waals surface area contributed by atoms with Crippen molar-refractivity contribution in [3.8, 4) is 0 Å². The van der Waals surface area contributed by atoms with E-state index in [1.165, 1.54) is 10.7 Å². The molecule has 0 saturated carbocycles. The van der Waals surface area contributed by atoms with Crippen molar-refractivity contribution in [1.29, 1.82) is 0 Å². The molecule has 0 unspecified atom stereocenters. The summed E-state index contributed by atoms with van der Waals surface area (Å²) in [4.78, 5) is 23.6. The molecule has 2 rings (SSSR count). The van der Waals surface area contributed by atoms with Crippen molar-refractivity contribution in [2.45, 2.75) is 13.5 Å². The van der Waals surface area contributed by atoms with Crippen LogP contribution in [0.1, 0.15) is 21.7 Å². The van der Waals surface area contributed by atoms with E-state index in [1.807, 2.05) is 0 Å². The van der Waals surface area contributed by atoms with Gasteiger partial charge in [0.25, 0.3) is 5.91 Å². The Morgan fingerprint density at radius 2 is 2.00 bits per heavy atom. The van der Waals surface area contributed by atoms with Gasteiger partial charge in [0.15, 0.2) is 0 Å². The van der Waals surface area contributed by atoms with Crippen molar-refractivity contribution in [2.24, 2.45) is 7.05 Å². The van der Waals surface area contributed by atoms with E-state index in [4.69, 9.17) is 0 Å². The summed E-state index contributed by atoms with van der Waals surface area (Å²) in [5, 5.41) is 9.11. The van der Waals surface area contributed by atoms with Crippen LogP contribution in [0.15, 0.2) is 30.3 Å². The molecule has 0 saturated heterocycles. The summed E-state index contributed by atoms with van der Waals surface area (Å²) in [5.74, 6) is -1.16. The average molecular weight is 304 g/mol. The average Bonchev–Trinajstić information content (AvgIpc) is 2.82. The topological polar surface area (TPSA) is 76.0 Å². The Hall–Kier alpha value is -2.70. The molecule has 2 aromatic rings. The monoisotopic (exact) mass is 304 g/mol. The maximum Gasteiger partial charge on any atom is 0.269 e. The molecule has 0 fully saturated rings. The highest BCUT2D eigenvalue weighted by atomic mass is 19.1. The van der Waals surface area contributed by atoms with Gasteiger partial charge < -0.3 is 10.6 Å². The third-order valence-corrected chi connectivity index (χ3v) is 3.08. The first-order valence-electron chi connectivity index (χ1n) is 6.76. The van der Waals surface area contributed by atoms with Crippen molar-refractivity contribution in [1.82, 2.24) is 20.4 Å². The van der Waals surface area contributed by atoms with Crippen LogP contribution in [0, 0.1) is 12.7 Å². The summed E-state index contributed by atoms with van der Waals surface area (Å²) in [6.07, 6.45) is 0. The molecule has 6 nitrogen and oxygen atoms in total. The van der Waals surface area contributed by atoms with Crippen LogP contribution < -0.4 is 10.6 Å². The summed E-state index contributed by atoms with van der Waals surface area (Å²) < 4.78 is 14.8. The maximum atomic E-state index is 13.4. The van der Waals surface area contributed by atoms with Crippen LogP contribution in [-0.4, -0.2) is 28.1 Å². The highest BCUT2D eigenvalue weighted by Gasteiger charge is 2.13. The number of amides is 2. The largest absolute Gasteiger partial charge is 0.350 e. The highest BCUT2D eigenvalue weighted by Crippen LogP contribution is 2.05. The van der Waals surface area contributed by atoms with E-state index in [0.717, 1.165) is 5.69 Å². The lowest BCUT2D eigenvalue weighted by Crippen LogP contribution is -2.37. The highest BCUT2D eigenvalue weighted by molar-refractivity contribution is 5.95. The van der Waals surface area contributed by atoms with Gasteiger partial charge in [0.05, 0.1) is 12.2 Å². The van der Waals surface area contributed by atoms with E-state index in [0.29, 0.717) is 11.3 Å². The van der Waals surface area contributed by atoms with Gasteiger partial charge in [-0.05, 0) is 19.1 Å². The predicted octanol–water partition coefficient (Wildman–Crippen LogP) is 0.914. The zero-order chi connectivity index (χ0) is 16.1. The number of halogens is 1. The van der Waals surface area contributed by atoms with Gasteiger partial charge >= 0.3 is 0 Å². The van der Waals surface area contributed by atoms with Crippen molar-refractivity contribution >= 4 is 11.8 Å². The summed E-state index contributed by atoms with van der Waals surface area (Å²) >= 11 is 0. The number of benzene rings is 1. The number of nitrogens with one attached hydrogen (secondary N) is 2. The number of aromatic nitrogens is 2. The van der Waals surface area contributed by atoms with Gasteiger partial charge in [0.1, 0.15) is 11.5 Å². The maximum absolute atomic E-state index is 13.4. The number of hydrogen-bond donors (Lipinski definition) is 2. The van der Waals surface area contributed by atoms with Gasteiger partial charge in [-0.2, -0.15) is 5.10 Å². The lowest BCUT2D eigenvalue weighted by atomic mass is 10.2. The summed E-state index contributed by atoms with van der Waals surface area (Å²) in [5.41, 5.74) is 1.49. The van der Waals surface area contributed by atoms with E-state index in [9.17, 15) is 14.0 Å². The first-order chi connectivity index (χ1) is 10.5. The Kier molecular flexibility index (Phi) is 4.88. The van der Waals surface area contributed by atoms with Crippen LogP contribution >= 0.6 is 0 Å². The fourth-order valence-electron chi connectivity index (χ4n) is 1.97. The van der Waals surface area contributed by atoms with Crippen molar-refractivity contribution < 1.29 is 14.0 Å². The molecular formula is C15H17FN4O2. The van der Waals surface area contributed by atoms with Gasteiger partial charge in [0, 0.05) is 19.2 Å². The molecule has 0 radical (unpaired) electrons. The Labute approximate surface area is 127 Å². The van der Waals surface area contributed by atoms with E-state index in [2.05, 4.69) is 15.7 Å². The zero-order valence-electron chi connectivity index (χ0n) is 12.4. The molecule has 0 spiro atoms. The van der Waals surface area contributed by atoms with Gasteiger partial charge in [0.2, 0.25) is 5.91 Å². The molecule has 0 aliphatic heterocycles. The van der Waals surface area contributed by atoms with Gasteiger partial charge in [-0.3, -0.25) is 14.3 Å². The quantitative estimate of drug-likeness (QED) is 0.862. The second-order valence-corrected chi connectivity index (χ2v) is 4.85. The van der Waals surface area contributed by atoms with Crippen molar-refractivity contribution in [3.05, 3.63) is 53.1 Å². The second-order valence-electron chi connectivity index (χ2n) is 4.85. The predicted molar refractivity (Wildman–Crippen MR) is 78.5 cm³/mol. The molecule has 7 heteroatoms. The lowest BCUT2D eigenvalue weighted by molar-refractivity contribution is -0.120. The molecule has 22 heavy (non-hydrogen) atoms. The van der Waals surface area contributed by atoms with E-state index >= 15 is 0 Å². The van der Waals surface area contributed by atoms with Crippen molar-refractivity contribution in [2.75, 3.05) is 6.54 Å². The van der Waals surface area contributed by atoms with Crippen molar-refractivity contribution in [3.63, 3.8) is 0 Å². The zero-order valence-corrected chi connectivity index (χ0v) is 12.4. The van der Waals surface area contributed by atoms with Crippen LogP contribution in [0.4, 0.5) is 4.39 Å². The second kappa shape index (κ2) is 6.84. The molecule has 1 aromatic carbocycles. The molecule has 1 heterocycles. The normalized spacial score (nSPS) is 10.3. The van der Waals surface area contributed by atoms with E-state index in [-0.39, 0.29) is 24.8 Å². The van der Waals surface area contributed by atoms with Crippen LogP contribution in [0.5, 0.6) is 0 Å². The van der Waals surface area contributed by atoms with Gasteiger partial charge in [-0.15, -0.1) is 0 Å². The molecule has 2 N–H and O–H groups in total. The number of rotatable bonds is 5. The van der Waals surface area contributed by atoms with E-state index < -0.39 is 5.91 Å². The van der Waals surface area contributed by atoms with Crippen LogP contribution in [0.25, 0.3) is 0 Å². The van der Waals surface area contributed by atoms with Crippen LogP contribution in [-0.2, 0) is 18.4 Å². The van der Waals surface area contributed by atoms with Gasteiger partial charge in [-0.1, -0.05) is 18.2 Å². The number of carbonyl (C=O) groups excluding carboxylic acids is 2. The standard InChI is InChI=1S/C15H17FN4O2/c1-10-7-13(20(2)19-10)15(22)18-9-14(21)17-8-11-5-3-4-6-12(11)16/h3-7H,8-9H2,1-2H3,(H,17,21)(H,18,22). The molecule has 116 valence electrons. The van der Waals surface area contributed by atoms with Crippen LogP contribution in [0.3, 0.4) is 0 Å². The van der Waals surface area contributed by atoms with Gasteiger partial charge in [-0.25, -0.2) is 4.39 Å². The molecule has 0 aliphatic carbocycles. The molecule has 0 bridgehead atoms. The number of carbonyl (C=O) groups is 2. The smallest absolute Gasteiger partial charge is 0.269 e. The summed E-state index contributed by atoms with van der Waals surface area (Å²) in [7, 11) is 1.65. The summed E-state index contributed by atoms with van der Waals surface area (Å²) in [6, 6.07) is 7.82. The first kappa shape index (κ1) is 15.7. The van der Waals surface area contributed by atoms with Crippen LogP contribution in [0.2, 0.25) is 0 Å². The fraction of sp³-hybridized carbons (Fsp3) is 0.267. The molecular weight excluding hydrogens is 287 g/mol. The molecule has 2 amide bonds. The summed E-state index contributed by atoms with van der Waals surface area (Å²) in [6.45, 7) is 1.67. The third-order valence-electron chi connectivity index (χ3n) is 3.08. The number of aryl methyl sites for hydroxylation is 2. The number of hydrogen-bond acceptors (Lipinski definition) is 3. The fourth-order valence-corrected chi connectivity index (χ4v) is 1.97. The Bertz CT molecular complexity index is 697.